The van der Waals surface area contributed by atoms with E-state index in [0.29, 0.717) is 17.3 Å². The quantitative estimate of drug-likeness (QED) is 0.636. The van der Waals surface area contributed by atoms with E-state index in [1.54, 1.807) is 43.5 Å². The van der Waals surface area contributed by atoms with Gasteiger partial charge < -0.3 is 18.9 Å². The summed E-state index contributed by atoms with van der Waals surface area (Å²) in [5.74, 6) is 1.41. The maximum absolute atomic E-state index is 12.7. The second kappa shape index (κ2) is 8.35. The summed E-state index contributed by atoms with van der Waals surface area (Å²) in [7, 11) is 3.29. The number of hydrogen-bond acceptors (Lipinski definition) is 6. The molecule has 0 N–H and O–H groups in total. The van der Waals surface area contributed by atoms with Gasteiger partial charge in [0.05, 0.1) is 18.8 Å². The second-order valence-electron chi connectivity index (χ2n) is 5.96. The van der Waals surface area contributed by atoms with Crippen LogP contribution in [0.25, 0.3) is 0 Å². The van der Waals surface area contributed by atoms with E-state index < -0.39 is 0 Å². The Morgan fingerprint density at radius 3 is 2.63 bits per heavy atom. The van der Waals surface area contributed by atoms with Crippen molar-refractivity contribution in [3.05, 3.63) is 71.9 Å². The number of para-hydroxylation sites is 2. The first-order chi connectivity index (χ1) is 13.1. The van der Waals surface area contributed by atoms with Gasteiger partial charge >= 0.3 is 0 Å². The van der Waals surface area contributed by atoms with Crippen molar-refractivity contribution in [2.45, 2.75) is 19.6 Å². The topological polar surface area (TPSA) is 77.7 Å². The highest BCUT2D eigenvalue weighted by Gasteiger charge is 2.23. The third-order valence-electron chi connectivity index (χ3n) is 4.23. The maximum atomic E-state index is 12.7. The molecular weight excluding hydrogens is 346 g/mol. The molecule has 0 saturated carbocycles. The van der Waals surface area contributed by atoms with Gasteiger partial charge in [-0.05, 0) is 31.2 Å². The van der Waals surface area contributed by atoms with Crippen molar-refractivity contribution in [2.24, 2.45) is 0 Å². The minimum atomic E-state index is -0.250. The lowest BCUT2D eigenvalue weighted by atomic mass is 10.2. The van der Waals surface area contributed by atoms with Crippen LogP contribution in [0.3, 0.4) is 0 Å². The van der Waals surface area contributed by atoms with Gasteiger partial charge in [0, 0.05) is 19.3 Å². The van der Waals surface area contributed by atoms with Crippen LogP contribution in [0.1, 0.15) is 34.9 Å². The number of aromatic nitrogens is 2. The van der Waals surface area contributed by atoms with Crippen molar-refractivity contribution in [3.8, 4) is 11.5 Å². The van der Waals surface area contributed by atoms with Gasteiger partial charge in [-0.25, -0.2) is 0 Å². The molecule has 0 aliphatic heterocycles. The van der Waals surface area contributed by atoms with Crippen LogP contribution in [0.4, 0.5) is 0 Å². The summed E-state index contributed by atoms with van der Waals surface area (Å²) in [6.07, 6.45) is 1.70. The van der Waals surface area contributed by atoms with E-state index in [0.717, 1.165) is 5.69 Å². The Balaban J connectivity index is 1.65. The lowest BCUT2D eigenvalue weighted by Gasteiger charge is -2.23. The molecule has 0 fully saturated rings. The Morgan fingerprint density at radius 1 is 1.19 bits per heavy atom. The molecule has 3 aromatic rings. The highest BCUT2D eigenvalue weighted by Crippen LogP contribution is 2.27. The fraction of sp³-hybridized carbons (Fsp3) is 0.250. The van der Waals surface area contributed by atoms with Gasteiger partial charge in [0.15, 0.2) is 23.0 Å². The zero-order valence-corrected chi connectivity index (χ0v) is 15.5. The second-order valence-corrected chi connectivity index (χ2v) is 5.96. The molecule has 3 rings (SSSR count). The number of methoxy groups -OCH3 is 1. The molecule has 1 atom stereocenters. The SMILES string of the molecule is COc1ccccc1OCc1cc(C(=O)N(C)[C@@H](C)c2ccccn2)no1. The molecule has 7 heteroatoms. The van der Waals surface area contributed by atoms with Crippen LogP contribution in [0.5, 0.6) is 11.5 Å². The first-order valence-corrected chi connectivity index (χ1v) is 8.49. The van der Waals surface area contributed by atoms with Crippen molar-refractivity contribution in [2.75, 3.05) is 14.2 Å². The monoisotopic (exact) mass is 367 g/mol. The minimum absolute atomic E-state index is 0.139. The van der Waals surface area contributed by atoms with E-state index in [1.807, 2.05) is 37.3 Å². The van der Waals surface area contributed by atoms with Gasteiger partial charge in [-0.15, -0.1) is 0 Å². The van der Waals surface area contributed by atoms with Gasteiger partial charge in [-0.1, -0.05) is 23.4 Å². The Morgan fingerprint density at radius 2 is 1.93 bits per heavy atom. The molecule has 2 heterocycles. The van der Waals surface area contributed by atoms with Gasteiger partial charge in [0.25, 0.3) is 5.91 Å². The van der Waals surface area contributed by atoms with Crippen LogP contribution in [-0.4, -0.2) is 35.1 Å². The lowest BCUT2D eigenvalue weighted by molar-refractivity contribution is 0.0729. The first-order valence-electron chi connectivity index (χ1n) is 8.49. The fourth-order valence-corrected chi connectivity index (χ4v) is 2.55. The van der Waals surface area contributed by atoms with Crippen LogP contribution in [0.2, 0.25) is 0 Å². The zero-order chi connectivity index (χ0) is 19.2. The maximum Gasteiger partial charge on any atom is 0.276 e. The highest BCUT2D eigenvalue weighted by atomic mass is 16.5. The van der Waals surface area contributed by atoms with E-state index >= 15 is 0 Å². The summed E-state index contributed by atoms with van der Waals surface area (Å²) in [6.45, 7) is 2.05. The van der Waals surface area contributed by atoms with Crippen molar-refractivity contribution in [1.82, 2.24) is 15.0 Å². The molecule has 0 saturated heterocycles. The average molecular weight is 367 g/mol. The van der Waals surface area contributed by atoms with Crippen LogP contribution in [-0.2, 0) is 6.61 Å². The van der Waals surface area contributed by atoms with Gasteiger partial charge in [-0.2, -0.15) is 0 Å². The molecule has 0 radical (unpaired) electrons. The van der Waals surface area contributed by atoms with Crippen molar-refractivity contribution in [1.29, 1.82) is 0 Å². The van der Waals surface area contributed by atoms with Crippen LogP contribution >= 0.6 is 0 Å². The standard InChI is InChI=1S/C20H21N3O4/c1-14(16-8-6-7-11-21-16)23(2)20(24)17-12-15(27-22-17)13-26-19-10-5-4-9-18(19)25-3/h4-12,14H,13H2,1-3H3/t14-/m0/s1. The van der Waals surface area contributed by atoms with E-state index in [1.165, 1.54) is 0 Å². The summed E-state index contributed by atoms with van der Waals surface area (Å²) in [4.78, 5) is 18.5. The Labute approximate surface area is 157 Å². The van der Waals surface area contributed by atoms with Gasteiger partial charge in [0.1, 0.15) is 6.61 Å². The molecule has 2 aromatic heterocycles. The summed E-state index contributed by atoms with van der Waals surface area (Å²) in [6, 6.07) is 14.3. The molecule has 0 aliphatic rings. The van der Waals surface area contributed by atoms with E-state index in [4.69, 9.17) is 14.0 Å². The van der Waals surface area contributed by atoms with E-state index in [2.05, 4.69) is 10.1 Å². The molecule has 7 nitrogen and oxygen atoms in total. The molecule has 0 aliphatic carbocycles. The molecule has 0 spiro atoms. The molecule has 27 heavy (non-hydrogen) atoms. The third kappa shape index (κ3) is 4.25. The summed E-state index contributed by atoms with van der Waals surface area (Å²) in [5, 5.41) is 3.87. The van der Waals surface area contributed by atoms with Gasteiger partial charge in [-0.3, -0.25) is 9.78 Å². The van der Waals surface area contributed by atoms with Crippen molar-refractivity contribution < 1.29 is 18.8 Å². The third-order valence-corrected chi connectivity index (χ3v) is 4.23. The predicted octanol–water partition coefficient (Wildman–Crippen LogP) is 3.49. The number of benzene rings is 1. The molecule has 0 unspecified atom stereocenters. The zero-order valence-electron chi connectivity index (χ0n) is 15.5. The highest BCUT2D eigenvalue weighted by molar-refractivity contribution is 5.92. The number of rotatable bonds is 7. The van der Waals surface area contributed by atoms with Crippen molar-refractivity contribution >= 4 is 5.91 Å². The van der Waals surface area contributed by atoms with E-state index in [-0.39, 0.29) is 24.2 Å². The summed E-state index contributed by atoms with van der Waals surface area (Å²) >= 11 is 0. The number of pyridine rings is 1. The van der Waals surface area contributed by atoms with E-state index in [9.17, 15) is 4.79 Å². The minimum Gasteiger partial charge on any atom is -0.493 e. The average Bonchev–Trinajstić information content (AvgIpc) is 3.20. The number of carbonyl (C=O) groups excluding carboxylic acids is 1. The summed E-state index contributed by atoms with van der Waals surface area (Å²) < 4.78 is 16.2. The predicted molar refractivity (Wildman–Crippen MR) is 98.6 cm³/mol. The molecule has 0 bridgehead atoms. The number of nitrogens with zero attached hydrogens (tertiary/aromatic N) is 3. The molecule has 1 amide bonds. The number of amides is 1. The van der Waals surface area contributed by atoms with Crippen LogP contribution in [0.15, 0.2) is 59.3 Å². The largest absolute Gasteiger partial charge is 0.493 e. The normalized spacial score (nSPS) is 11.7. The van der Waals surface area contributed by atoms with Crippen molar-refractivity contribution in [3.63, 3.8) is 0 Å². The van der Waals surface area contributed by atoms with Crippen LogP contribution < -0.4 is 9.47 Å². The Bertz CT molecular complexity index is 895. The number of ether oxygens (including phenoxy) is 2. The Kier molecular flexibility index (Phi) is 5.71. The molecule has 140 valence electrons. The summed E-state index contributed by atoms with van der Waals surface area (Å²) in [5.41, 5.74) is 1.02. The number of carbonyl (C=O) groups is 1. The molecular formula is C20H21N3O4. The Hall–Kier alpha value is -3.35. The smallest absolute Gasteiger partial charge is 0.276 e. The number of hydrogen-bond donors (Lipinski definition) is 0. The first kappa shape index (κ1) is 18.4. The molecule has 1 aromatic carbocycles. The van der Waals surface area contributed by atoms with Crippen LogP contribution in [0, 0.1) is 0 Å². The lowest BCUT2D eigenvalue weighted by Crippen LogP contribution is -2.30. The van der Waals surface area contributed by atoms with Gasteiger partial charge in [0.2, 0.25) is 0 Å². The fourth-order valence-electron chi connectivity index (χ4n) is 2.55.